The molecule has 2 nitrogen and oxygen atoms in total. The summed E-state index contributed by atoms with van der Waals surface area (Å²) >= 11 is 0. The first-order valence-corrected chi connectivity index (χ1v) is 4.12. The zero-order valence-corrected chi connectivity index (χ0v) is 7.72. The van der Waals surface area contributed by atoms with Crippen LogP contribution in [0.4, 0.5) is 13.2 Å². The minimum Gasteiger partial charge on any atom is -0.479 e. The molecule has 0 radical (unpaired) electrons. The van der Waals surface area contributed by atoms with Crippen molar-refractivity contribution >= 4 is 10.9 Å². The summed E-state index contributed by atoms with van der Waals surface area (Å²) in [4.78, 5) is 3.64. The summed E-state index contributed by atoms with van der Waals surface area (Å²) in [7, 11) is 1.16. The van der Waals surface area contributed by atoms with Crippen molar-refractivity contribution < 1.29 is 17.9 Å². The van der Waals surface area contributed by atoms with Gasteiger partial charge in [-0.3, -0.25) is 0 Å². The highest BCUT2D eigenvalue weighted by molar-refractivity contribution is 5.80. The number of rotatable bonds is 1. The van der Waals surface area contributed by atoms with Crippen LogP contribution in [-0.2, 0) is 0 Å². The third kappa shape index (κ3) is 1.40. The molecule has 0 aliphatic carbocycles. The molecule has 5 heteroatoms. The van der Waals surface area contributed by atoms with E-state index in [1.54, 1.807) is 0 Å². The van der Waals surface area contributed by atoms with Crippen molar-refractivity contribution in [2.45, 2.75) is 0 Å². The van der Waals surface area contributed by atoms with Crippen molar-refractivity contribution in [3.05, 3.63) is 35.7 Å². The number of hydrogen-bond donors (Lipinski definition) is 0. The average Bonchev–Trinajstić information content (AvgIpc) is 2.23. The van der Waals surface area contributed by atoms with Crippen molar-refractivity contribution in [3.8, 4) is 5.88 Å². The molecule has 1 aromatic carbocycles. The van der Waals surface area contributed by atoms with Gasteiger partial charge in [-0.15, -0.1) is 0 Å². The van der Waals surface area contributed by atoms with Crippen LogP contribution in [-0.4, -0.2) is 12.1 Å². The number of ether oxygens (including phenoxy) is 1. The monoisotopic (exact) mass is 213 g/mol. The van der Waals surface area contributed by atoms with E-state index in [0.29, 0.717) is 0 Å². The Kier molecular flexibility index (Phi) is 2.22. The smallest absolute Gasteiger partial charge is 0.253 e. The molecule has 0 aliphatic heterocycles. The van der Waals surface area contributed by atoms with Crippen molar-refractivity contribution in [3.63, 3.8) is 0 Å². The Labute approximate surface area is 83.3 Å². The van der Waals surface area contributed by atoms with Gasteiger partial charge in [0.05, 0.1) is 18.0 Å². The van der Waals surface area contributed by atoms with Crippen LogP contribution in [0.1, 0.15) is 0 Å². The molecule has 0 saturated carbocycles. The minimum atomic E-state index is -1.28. The van der Waals surface area contributed by atoms with Gasteiger partial charge in [-0.1, -0.05) is 6.07 Å². The van der Waals surface area contributed by atoms with E-state index in [0.717, 1.165) is 13.2 Å². The standard InChI is InChI=1S/C10H6F3NO/c1-15-10-9(13)8(12)7-5(11)3-2-4-6(7)14-10/h2-4H,1H3. The lowest BCUT2D eigenvalue weighted by atomic mass is 10.2. The molecule has 1 heterocycles. The van der Waals surface area contributed by atoms with Gasteiger partial charge in [-0.25, -0.2) is 13.8 Å². The molecule has 78 valence electrons. The first kappa shape index (κ1) is 9.76. The lowest BCUT2D eigenvalue weighted by Gasteiger charge is -2.05. The molecule has 1 aromatic heterocycles. The summed E-state index contributed by atoms with van der Waals surface area (Å²) in [6, 6.07) is 3.78. The van der Waals surface area contributed by atoms with Gasteiger partial charge in [0.15, 0.2) is 5.82 Å². The number of aromatic nitrogens is 1. The van der Waals surface area contributed by atoms with Crippen LogP contribution in [0, 0.1) is 17.5 Å². The van der Waals surface area contributed by atoms with Gasteiger partial charge in [0, 0.05) is 0 Å². The minimum absolute atomic E-state index is 0.0192. The topological polar surface area (TPSA) is 22.1 Å². The summed E-state index contributed by atoms with van der Waals surface area (Å²) in [5, 5.41) is -0.462. The highest BCUT2D eigenvalue weighted by Crippen LogP contribution is 2.26. The molecule has 2 aromatic rings. The molecule has 0 bridgehead atoms. The third-order valence-corrected chi connectivity index (χ3v) is 2.01. The number of benzene rings is 1. The largest absolute Gasteiger partial charge is 0.479 e. The maximum absolute atomic E-state index is 13.4. The Morgan fingerprint density at radius 3 is 2.53 bits per heavy atom. The third-order valence-electron chi connectivity index (χ3n) is 2.01. The van der Waals surface area contributed by atoms with E-state index in [1.807, 2.05) is 0 Å². The lowest BCUT2D eigenvalue weighted by molar-refractivity contribution is 0.358. The zero-order valence-electron chi connectivity index (χ0n) is 7.72. The van der Waals surface area contributed by atoms with Crippen molar-refractivity contribution in [2.75, 3.05) is 7.11 Å². The highest BCUT2D eigenvalue weighted by Gasteiger charge is 2.17. The number of nitrogens with zero attached hydrogens (tertiary/aromatic N) is 1. The normalized spacial score (nSPS) is 10.7. The second-order valence-corrected chi connectivity index (χ2v) is 2.88. The van der Waals surface area contributed by atoms with Crippen molar-refractivity contribution in [2.24, 2.45) is 0 Å². The Morgan fingerprint density at radius 2 is 1.87 bits per heavy atom. The number of halogens is 3. The van der Waals surface area contributed by atoms with Gasteiger partial charge >= 0.3 is 0 Å². The molecule has 2 rings (SSSR count). The number of hydrogen-bond acceptors (Lipinski definition) is 2. The van der Waals surface area contributed by atoms with Crippen LogP contribution in [0.5, 0.6) is 5.88 Å². The van der Waals surface area contributed by atoms with Crippen molar-refractivity contribution in [1.29, 1.82) is 0 Å². The first-order valence-electron chi connectivity index (χ1n) is 4.12. The molecule has 0 aliphatic rings. The SMILES string of the molecule is COc1nc2cccc(F)c2c(F)c1F. The first-order chi connectivity index (χ1) is 7.15. The molecule has 0 saturated heterocycles. The molecule has 0 fully saturated rings. The quantitative estimate of drug-likeness (QED) is 0.726. The van der Waals surface area contributed by atoms with Crippen LogP contribution in [0.3, 0.4) is 0 Å². The van der Waals surface area contributed by atoms with Gasteiger partial charge < -0.3 is 4.74 Å². The van der Waals surface area contributed by atoms with E-state index < -0.39 is 28.7 Å². The molecule has 15 heavy (non-hydrogen) atoms. The number of fused-ring (bicyclic) bond motifs is 1. The molecule has 0 amide bonds. The zero-order chi connectivity index (χ0) is 11.0. The van der Waals surface area contributed by atoms with E-state index in [9.17, 15) is 13.2 Å². The molecular formula is C10H6F3NO. The second-order valence-electron chi connectivity index (χ2n) is 2.88. The Morgan fingerprint density at radius 1 is 1.13 bits per heavy atom. The summed E-state index contributed by atoms with van der Waals surface area (Å²) in [5.74, 6) is -3.89. The molecule has 0 unspecified atom stereocenters. The maximum atomic E-state index is 13.4. The summed E-state index contributed by atoms with van der Waals surface area (Å²) in [5.41, 5.74) is 0.0192. The number of pyridine rings is 1. The Balaban J connectivity index is 2.91. The number of methoxy groups -OCH3 is 1. The van der Waals surface area contributed by atoms with Crippen LogP contribution in [0.25, 0.3) is 10.9 Å². The second kappa shape index (κ2) is 3.42. The highest BCUT2D eigenvalue weighted by atomic mass is 19.2. The van der Waals surface area contributed by atoms with Crippen LogP contribution < -0.4 is 4.74 Å². The van der Waals surface area contributed by atoms with Gasteiger partial charge in [-0.2, -0.15) is 4.39 Å². The molecule has 0 spiro atoms. The summed E-state index contributed by atoms with van der Waals surface area (Å²) in [6.07, 6.45) is 0. The molecule has 0 N–H and O–H groups in total. The fourth-order valence-electron chi connectivity index (χ4n) is 1.32. The van der Waals surface area contributed by atoms with Crippen LogP contribution in [0.2, 0.25) is 0 Å². The Hall–Kier alpha value is -1.78. The predicted molar refractivity (Wildman–Crippen MR) is 48.2 cm³/mol. The fourth-order valence-corrected chi connectivity index (χ4v) is 1.32. The molecule has 0 atom stereocenters. The predicted octanol–water partition coefficient (Wildman–Crippen LogP) is 2.66. The van der Waals surface area contributed by atoms with Gasteiger partial charge in [0.1, 0.15) is 5.82 Å². The van der Waals surface area contributed by atoms with Gasteiger partial charge in [-0.05, 0) is 12.1 Å². The maximum Gasteiger partial charge on any atom is 0.253 e. The summed E-state index contributed by atoms with van der Waals surface area (Å²) in [6.45, 7) is 0. The van der Waals surface area contributed by atoms with E-state index in [2.05, 4.69) is 9.72 Å². The van der Waals surface area contributed by atoms with Gasteiger partial charge in [0.25, 0.3) is 5.88 Å². The summed E-state index contributed by atoms with van der Waals surface area (Å²) < 4.78 is 44.3. The van der Waals surface area contributed by atoms with Crippen molar-refractivity contribution in [1.82, 2.24) is 4.98 Å². The Bertz CT molecular complexity index is 528. The fraction of sp³-hybridized carbons (Fsp3) is 0.100. The van der Waals surface area contributed by atoms with Crippen LogP contribution >= 0.6 is 0 Å². The van der Waals surface area contributed by atoms with E-state index in [-0.39, 0.29) is 5.52 Å². The molecular weight excluding hydrogens is 207 g/mol. The van der Waals surface area contributed by atoms with Crippen LogP contribution in [0.15, 0.2) is 18.2 Å². The average molecular weight is 213 g/mol. The van der Waals surface area contributed by atoms with E-state index >= 15 is 0 Å². The van der Waals surface area contributed by atoms with Gasteiger partial charge in [0.2, 0.25) is 5.82 Å². The lowest BCUT2D eigenvalue weighted by Crippen LogP contribution is -1.98. The van der Waals surface area contributed by atoms with E-state index in [4.69, 9.17) is 0 Å². The van der Waals surface area contributed by atoms with E-state index in [1.165, 1.54) is 12.1 Å².